The summed E-state index contributed by atoms with van der Waals surface area (Å²) in [4.78, 5) is 29.2. The third-order valence-electron chi connectivity index (χ3n) is 7.98. The molecule has 0 atom stereocenters. The molecule has 0 aliphatic heterocycles. The Bertz CT molecular complexity index is 1260. The van der Waals surface area contributed by atoms with Crippen molar-refractivity contribution in [3.8, 4) is 22.4 Å². The van der Waals surface area contributed by atoms with E-state index in [1.807, 2.05) is 24.3 Å². The van der Waals surface area contributed by atoms with E-state index in [9.17, 15) is 9.59 Å². The second kappa shape index (κ2) is 11.4. The van der Waals surface area contributed by atoms with Gasteiger partial charge < -0.3 is 21.1 Å². The number of alkyl carbamates (subject to hydrolysis) is 1. The first kappa shape index (κ1) is 25.9. The topological polar surface area (TPSA) is 106 Å². The van der Waals surface area contributed by atoms with Crippen molar-refractivity contribution in [2.24, 2.45) is 11.7 Å². The molecule has 0 bridgehead atoms. The van der Waals surface area contributed by atoms with Crippen LogP contribution >= 0.6 is 0 Å². The highest BCUT2D eigenvalue weighted by atomic mass is 16.6. The van der Waals surface area contributed by atoms with Crippen molar-refractivity contribution in [1.82, 2.24) is 10.3 Å². The molecule has 198 valence electrons. The van der Waals surface area contributed by atoms with Crippen molar-refractivity contribution in [2.45, 2.75) is 63.0 Å². The fourth-order valence-corrected chi connectivity index (χ4v) is 5.55. The first-order valence-corrected chi connectivity index (χ1v) is 13.6. The lowest BCUT2D eigenvalue weighted by molar-refractivity contribution is -0.117. The van der Waals surface area contributed by atoms with E-state index in [-0.39, 0.29) is 23.5 Å². The quantitative estimate of drug-likeness (QED) is 0.360. The van der Waals surface area contributed by atoms with Crippen molar-refractivity contribution >= 4 is 17.7 Å². The van der Waals surface area contributed by atoms with Crippen LogP contribution < -0.4 is 16.4 Å². The number of amides is 2. The van der Waals surface area contributed by atoms with Crippen LogP contribution in [0.2, 0.25) is 0 Å². The fourth-order valence-electron chi connectivity index (χ4n) is 5.55. The van der Waals surface area contributed by atoms with Gasteiger partial charge in [-0.15, -0.1) is 0 Å². The minimum atomic E-state index is -0.394. The number of carbonyl (C=O) groups excluding carboxylic acids is 2. The van der Waals surface area contributed by atoms with Gasteiger partial charge in [0.05, 0.1) is 17.6 Å². The molecule has 2 aromatic carbocycles. The summed E-state index contributed by atoms with van der Waals surface area (Å²) in [5.74, 6) is 0.257. The number of anilines is 1. The molecule has 0 saturated heterocycles. The second-order valence-electron chi connectivity index (χ2n) is 10.6. The van der Waals surface area contributed by atoms with Crippen LogP contribution in [0.25, 0.3) is 22.4 Å². The summed E-state index contributed by atoms with van der Waals surface area (Å²) >= 11 is 0. The van der Waals surface area contributed by atoms with E-state index in [0.29, 0.717) is 12.1 Å². The maximum atomic E-state index is 12.9. The zero-order chi connectivity index (χ0) is 26.5. The molecule has 5 rings (SSSR count). The molecule has 1 heterocycles. The molecule has 2 amide bonds. The van der Waals surface area contributed by atoms with Crippen molar-refractivity contribution in [3.63, 3.8) is 0 Å². The van der Waals surface area contributed by atoms with Crippen molar-refractivity contribution in [3.05, 3.63) is 72.4 Å². The van der Waals surface area contributed by atoms with Crippen LogP contribution in [0.5, 0.6) is 0 Å². The van der Waals surface area contributed by atoms with E-state index in [4.69, 9.17) is 15.5 Å². The molecular weight excluding hydrogens is 476 g/mol. The number of ether oxygens (including phenoxy) is 1. The van der Waals surface area contributed by atoms with Crippen molar-refractivity contribution in [2.75, 3.05) is 12.4 Å². The predicted molar refractivity (Wildman–Crippen MR) is 149 cm³/mol. The van der Waals surface area contributed by atoms with Gasteiger partial charge in [0.25, 0.3) is 0 Å². The molecule has 4 N–H and O–H groups in total. The van der Waals surface area contributed by atoms with Gasteiger partial charge >= 0.3 is 6.09 Å². The Balaban J connectivity index is 1.29. The molecule has 38 heavy (non-hydrogen) atoms. The zero-order valence-electron chi connectivity index (χ0n) is 21.9. The molecule has 2 aliphatic rings. The SMILES string of the molecule is CNC(=O)OC1CCC(CC(=O)Nc2cnc(-c3ccc(C4(N)CCC4)cc3)c(-c3ccccc3)c2)CC1. The normalized spacial score (nSPS) is 20.2. The molecule has 0 unspecified atom stereocenters. The number of nitrogens with two attached hydrogens (primary N) is 1. The van der Waals surface area contributed by atoms with Gasteiger partial charge in [0.1, 0.15) is 6.10 Å². The summed E-state index contributed by atoms with van der Waals surface area (Å²) in [6.07, 6.45) is 8.23. The standard InChI is InChI=1S/C31H36N4O3/c1-33-30(37)38-26-14-8-21(9-15-26)18-28(36)35-25-19-27(22-6-3-2-4-7-22)29(34-20-25)23-10-12-24(13-11-23)31(32)16-5-17-31/h2-4,6-7,10-13,19-21,26H,5,8-9,14-18,32H2,1H3,(H,33,37)(H,35,36). The Hall–Kier alpha value is -3.71. The van der Waals surface area contributed by atoms with Gasteiger partial charge in [0, 0.05) is 30.1 Å². The number of hydrogen-bond donors (Lipinski definition) is 3. The van der Waals surface area contributed by atoms with Crippen LogP contribution in [0.3, 0.4) is 0 Å². The summed E-state index contributed by atoms with van der Waals surface area (Å²) in [6.45, 7) is 0. The van der Waals surface area contributed by atoms with E-state index in [2.05, 4.69) is 47.0 Å². The first-order chi connectivity index (χ1) is 18.4. The van der Waals surface area contributed by atoms with Gasteiger partial charge in [0.15, 0.2) is 0 Å². The van der Waals surface area contributed by atoms with Crippen LogP contribution in [-0.4, -0.2) is 30.1 Å². The van der Waals surface area contributed by atoms with Crippen molar-refractivity contribution in [1.29, 1.82) is 0 Å². The summed E-state index contributed by atoms with van der Waals surface area (Å²) in [6, 6.07) is 20.6. The Kier molecular flexibility index (Phi) is 7.74. The van der Waals surface area contributed by atoms with Gasteiger partial charge in [-0.05, 0) is 68.1 Å². The van der Waals surface area contributed by atoms with Crippen LogP contribution in [-0.2, 0) is 15.1 Å². The highest BCUT2D eigenvalue weighted by molar-refractivity contribution is 5.93. The van der Waals surface area contributed by atoms with E-state index in [1.165, 1.54) is 12.0 Å². The van der Waals surface area contributed by atoms with Crippen molar-refractivity contribution < 1.29 is 14.3 Å². The largest absolute Gasteiger partial charge is 0.446 e. The molecule has 7 nitrogen and oxygen atoms in total. The monoisotopic (exact) mass is 512 g/mol. The van der Waals surface area contributed by atoms with Gasteiger partial charge in [-0.2, -0.15) is 0 Å². The number of hydrogen-bond acceptors (Lipinski definition) is 5. The maximum Gasteiger partial charge on any atom is 0.407 e. The third kappa shape index (κ3) is 5.89. The molecule has 0 spiro atoms. The fraction of sp³-hybridized carbons (Fsp3) is 0.387. The summed E-state index contributed by atoms with van der Waals surface area (Å²) in [5, 5.41) is 5.55. The van der Waals surface area contributed by atoms with Crippen LogP contribution in [0, 0.1) is 5.92 Å². The Labute approximate surface area is 224 Å². The van der Waals surface area contributed by atoms with E-state index < -0.39 is 6.09 Å². The maximum absolute atomic E-state index is 12.9. The van der Waals surface area contributed by atoms with Crippen LogP contribution in [0.4, 0.5) is 10.5 Å². The number of pyridine rings is 1. The van der Waals surface area contributed by atoms with Gasteiger partial charge in [-0.1, -0.05) is 54.6 Å². The minimum Gasteiger partial charge on any atom is -0.446 e. The summed E-state index contributed by atoms with van der Waals surface area (Å²) in [7, 11) is 1.56. The predicted octanol–water partition coefficient (Wildman–Crippen LogP) is 6.00. The molecule has 2 fully saturated rings. The Morgan fingerprint density at radius 3 is 2.34 bits per heavy atom. The molecule has 3 aromatic rings. The van der Waals surface area contributed by atoms with E-state index in [1.54, 1.807) is 13.2 Å². The zero-order valence-corrected chi connectivity index (χ0v) is 21.9. The second-order valence-corrected chi connectivity index (χ2v) is 10.6. The highest BCUT2D eigenvalue weighted by Crippen LogP contribution is 2.40. The number of rotatable bonds is 7. The molecule has 7 heteroatoms. The molecule has 2 aliphatic carbocycles. The number of benzene rings is 2. The smallest absolute Gasteiger partial charge is 0.407 e. The Morgan fingerprint density at radius 1 is 1.00 bits per heavy atom. The lowest BCUT2D eigenvalue weighted by Crippen LogP contribution is -2.43. The molecule has 1 aromatic heterocycles. The van der Waals surface area contributed by atoms with Gasteiger partial charge in [-0.3, -0.25) is 9.78 Å². The molecule has 2 saturated carbocycles. The lowest BCUT2D eigenvalue weighted by Gasteiger charge is -2.38. The van der Waals surface area contributed by atoms with Gasteiger partial charge in [-0.25, -0.2) is 4.79 Å². The number of nitrogens with zero attached hydrogens (tertiary/aromatic N) is 1. The third-order valence-corrected chi connectivity index (χ3v) is 7.98. The van der Waals surface area contributed by atoms with E-state index in [0.717, 1.165) is 60.9 Å². The van der Waals surface area contributed by atoms with E-state index >= 15 is 0 Å². The van der Waals surface area contributed by atoms with Crippen LogP contribution in [0.1, 0.15) is 56.9 Å². The first-order valence-electron chi connectivity index (χ1n) is 13.6. The number of nitrogens with one attached hydrogen (secondary N) is 2. The number of carbonyl (C=O) groups is 2. The average Bonchev–Trinajstić information content (AvgIpc) is 2.93. The molecular formula is C31H36N4O3. The van der Waals surface area contributed by atoms with Crippen LogP contribution in [0.15, 0.2) is 66.9 Å². The molecule has 0 radical (unpaired) electrons. The number of aromatic nitrogens is 1. The lowest BCUT2D eigenvalue weighted by atomic mass is 9.72. The van der Waals surface area contributed by atoms with Gasteiger partial charge in [0.2, 0.25) is 5.91 Å². The average molecular weight is 513 g/mol. The Morgan fingerprint density at radius 2 is 1.71 bits per heavy atom. The minimum absolute atomic E-state index is 0.0210. The summed E-state index contributed by atoms with van der Waals surface area (Å²) in [5.41, 5.74) is 12.1. The summed E-state index contributed by atoms with van der Waals surface area (Å²) < 4.78 is 5.36. The highest BCUT2D eigenvalue weighted by Gasteiger charge is 2.34.